The van der Waals surface area contributed by atoms with Crippen LogP contribution in [0.4, 0.5) is 5.69 Å². The molecule has 0 radical (unpaired) electrons. The quantitative estimate of drug-likeness (QED) is 0.486. The largest absolute Gasteiger partial charge is 0.449 e. The van der Waals surface area contributed by atoms with E-state index in [4.69, 9.17) is 10.00 Å². The number of para-hydroxylation sites is 1. The molecule has 6 nitrogen and oxygen atoms in total. The van der Waals surface area contributed by atoms with Gasteiger partial charge in [-0.25, -0.2) is 0 Å². The summed E-state index contributed by atoms with van der Waals surface area (Å²) in [6.07, 6.45) is 0. The van der Waals surface area contributed by atoms with Crippen LogP contribution in [0.25, 0.3) is 0 Å². The topological polar surface area (TPSA) is 93.2 Å². The Hall–Kier alpha value is -3.20. The van der Waals surface area contributed by atoms with Gasteiger partial charge in [0.2, 0.25) is 5.75 Å². The summed E-state index contributed by atoms with van der Waals surface area (Å²) in [6.45, 7) is 1.32. The van der Waals surface area contributed by atoms with E-state index in [1.807, 2.05) is 6.07 Å². The third-order valence-corrected chi connectivity index (χ3v) is 2.79. The van der Waals surface area contributed by atoms with Gasteiger partial charge >= 0.3 is 5.69 Å². The summed E-state index contributed by atoms with van der Waals surface area (Å²) >= 11 is 0. The highest BCUT2D eigenvalue weighted by Gasteiger charge is 2.19. The molecule has 0 aliphatic heterocycles. The van der Waals surface area contributed by atoms with Crippen molar-refractivity contribution < 1.29 is 14.5 Å². The minimum Gasteiger partial charge on any atom is -0.449 e. The maximum absolute atomic E-state index is 11.3. The molecule has 0 saturated carbocycles. The second-order valence-electron chi connectivity index (χ2n) is 4.21. The van der Waals surface area contributed by atoms with E-state index in [-0.39, 0.29) is 34.1 Å². The van der Waals surface area contributed by atoms with Crippen LogP contribution in [0.3, 0.4) is 0 Å². The average Bonchev–Trinajstić information content (AvgIpc) is 2.47. The van der Waals surface area contributed by atoms with E-state index < -0.39 is 4.92 Å². The van der Waals surface area contributed by atoms with Gasteiger partial charge in [-0.2, -0.15) is 5.26 Å². The summed E-state index contributed by atoms with van der Waals surface area (Å²) in [4.78, 5) is 21.7. The van der Waals surface area contributed by atoms with Crippen LogP contribution in [0.2, 0.25) is 0 Å². The maximum atomic E-state index is 11.3. The first-order valence-electron chi connectivity index (χ1n) is 5.99. The molecule has 0 amide bonds. The number of nitro groups is 1. The summed E-state index contributed by atoms with van der Waals surface area (Å²) in [7, 11) is 0. The van der Waals surface area contributed by atoms with E-state index in [0.717, 1.165) is 6.07 Å². The van der Waals surface area contributed by atoms with Gasteiger partial charge in [-0.1, -0.05) is 12.1 Å². The molecule has 2 aromatic rings. The lowest BCUT2D eigenvalue weighted by atomic mass is 10.1. The van der Waals surface area contributed by atoms with Crippen LogP contribution in [0, 0.1) is 21.4 Å². The minimum absolute atomic E-state index is 0.0206. The van der Waals surface area contributed by atoms with E-state index in [1.165, 1.54) is 19.1 Å². The van der Waals surface area contributed by atoms with Crippen molar-refractivity contribution in [3.63, 3.8) is 0 Å². The molecule has 6 heteroatoms. The molecule has 104 valence electrons. The van der Waals surface area contributed by atoms with Crippen LogP contribution < -0.4 is 4.74 Å². The Kier molecular flexibility index (Phi) is 3.95. The Morgan fingerprint density at radius 1 is 1.24 bits per heavy atom. The van der Waals surface area contributed by atoms with Crippen molar-refractivity contribution in [3.05, 3.63) is 63.7 Å². The number of hydrogen-bond acceptors (Lipinski definition) is 5. The number of nitrogens with zero attached hydrogens (tertiary/aromatic N) is 2. The Morgan fingerprint density at radius 3 is 2.57 bits per heavy atom. The molecule has 2 rings (SSSR count). The molecule has 0 aliphatic rings. The van der Waals surface area contributed by atoms with Gasteiger partial charge < -0.3 is 4.74 Å². The molecule has 0 aliphatic carbocycles. The molecule has 0 heterocycles. The number of carbonyl (C=O) groups is 1. The van der Waals surface area contributed by atoms with Crippen LogP contribution in [0.1, 0.15) is 22.8 Å². The molecule has 0 aromatic heterocycles. The average molecular weight is 282 g/mol. The predicted octanol–water partition coefficient (Wildman–Crippen LogP) is 3.46. The first-order chi connectivity index (χ1) is 10.0. The highest BCUT2D eigenvalue weighted by atomic mass is 16.6. The Labute approximate surface area is 120 Å². The SMILES string of the molecule is CC(=O)c1ccc(Oc2ccccc2C#N)c([N+](=O)[O-])c1. The third-order valence-electron chi connectivity index (χ3n) is 2.79. The van der Waals surface area contributed by atoms with Gasteiger partial charge in [0.05, 0.1) is 10.5 Å². The zero-order valence-electron chi connectivity index (χ0n) is 11.1. The van der Waals surface area contributed by atoms with E-state index in [1.54, 1.807) is 24.3 Å². The first kappa shape index (κ1) is 14.2. The Bertz CT molecular complexity index is 763. The zero-order valence-corrected chi connectivity index (χ0v) is 11.1. The van der Waals surface area contributed by atoms with Crippen LogP contribution in [-0.2, 0) is 0 Å². The Balaban J connectivity index is 2.47. The molecule has 0 bridgehead atoms. The van der Waals surface area contributed by atoms with Crippen molar-refractivity contribution in [1.82, 2.24) is 0 Å². The van der Waals surface area contributed by atoms with Gasteiger partial charge in [-0.05, 0) is 31.2 Å². The van der Waals surface area contributed by atoms with Crippen molar-refractivity contribution in [2.45, 2.75) is 6.92 Å². The summed E-state index contributed by atoms with van der Waals surface area (Å²) in [5, 5.41) is 20.1. The van der Waals surface area contributed by atoms with E-state index in [2.05, 4.69) is 0 Å². The van der Waals surface area contributed by atoms with Crippen molar-refractivity contribution in [3.8, 4) is 17.6 Å². The van der Waals surface area contributed by atoms with Gasteiger partial charge in [0.15, 0.2) is 5.78 Å². The smallest absolute Gasteiger partial charge is 0.312 e. The molecule has 0 atom stereocenters. The molecular formula is C15H10N2O4. The van der Waals surface area contributed by atoms with Crippen molar-refractivity contribution >= 4 is 11.5 Å². The number of hydrogen-bond donors (Lipinski definition) is 0. The summed E-state index contributed by atoms with van der Waals surface area (Å²) in [5.41, 5.74) is 0.167. The number of benzene rings is 2. The summed E-state index contributed by atoms with van der Waals surface area (Å²) < 4.78 is 5.45. The number of Topliss-reactive ketones (excluding diaryl/α,β-unsaturated/α-hetero) is 1. The monoisotopic (exact) mass is 282 g/mol. The second kappa shape index (κ2) is 5.84. The molecular weight excluding hydrogens is 272 g/mol. The fourth-order valence-electron chi connectivity index (χ4n) is 1.73. The van der Waals surface area contributed by atoms with Crippen LogP contribution in [0.15, 0.2) is 42.5 Å². The number of carbonyl (C=O) groups excluding carboxylic acids is 1. The maximum Gasteiger partial charge on any atom is 0.312 e. The fraction of sp³-hybridized carbons (Fsp3) is 0.0667. The first-order valence-corrected chi connectivity index (χ1v) is 5.99. The lowest BCUT2D eigenvalue weighted by Crippen LogP contribution is -1.98. The lowest BCUT2D eigenvalue weighted by molar-refractivity contribution is -0.385. The Morgan fingerprint density at radius 2 is 1.95 bits per heavy atom. The standard InChI is InChI=1S/C15H10N2O4/c1-10(18)11-6-7-15(13(8-11)17(19)20)21-14-5-3-2-4-12(14)9-16/h2-8H,1H3. The number of nitro benzene ring substituents is 1. The van der Waals surface area contributed by atoms with Crippen molar-refractivity contribution in [2.24, 2.45) is 0 Å². The van der Waals surface area contributed by atoms with Gasteiger partial charge in [0.25, 0.3) is 0 Å². The second-order valence-corrected chi connectivity index (χ2v) is 4.21. The highest BCUT2D eigenvalue weighted by molar-refractivity contribution is 5.95. The van der Waals surface area contributed by atoms with E-state index >= 15 is 0 Å². The zero-order chi connectivity index (χ0) is 15.4. The van der Waals surface area contributed by atoms with Crippen molar-refractivity contribution in [2.75, 3.05) is 0 Å². The van der Waals surface area contributed by atoms with Gasteiger partial charge in [0.1, 0.15) is 11.8 Å². The minimum atomic E-state index is -0.628. The predicted molar refractivity (Wildman–Crippen MR) is 74.3 cm³/mol. The molecule has 21 heavy (non-hydrogen) atoms. The number of ether oxygens (including phenoxy) is 1. The van der Waals surface area contributed by atoms with E-state index in [9.17, 15) is 14.9 Å². The number of ketones is 1. The highest BCUT2D eigenvalue weighted by Crippen LogP contribution is 2.33. The van der Waals surface area contributed by atoms with Crippen LogP contribution in [0.5, 0.6) is 11.5 Å². The molecule has 0 fully saturated rings. The molecule has 0 N–H and O–H groups in total. The molecule has 0 unspecified atom stereocenters. The molecule has 0 saturated heterocycles. The van der Waals surface area contributed by atoms with Crippen LogP contribution in [-0.4, -0.2) is 10.7 Å². The normalized spacial score (nSPS) is 9.71. The molecule has 0 spiro atoms. The van der Waals surface area contributed by atoms with Crippen LogP contribution >= 0.6 is 0 Å². The molecule has 2 aromatic carbocycles. The lowest BCUT2D eigenvalue weighted by Gasteiger charge is -2.08. The van der Waals surface area contributed by atoms with E-state index in [0.29, 0.717) is 0 Å². The van der Waals surface area contributed by atoms with Gasteiger partial charge in [-0.15, -0.1) is 0 Å². The fourth-order valence-corrected chi connectivity index (χ4v) is 1.73. The van der Waals surface area contributed by atoms with Crippen molar-refractivity contribution in [1.29, 1.82) is 5.26 Å². The third kappa shape index (κ3) is 3.04. The summed E-state index contributed by atoms with van der Waals surface area (Å²) in [5.74, 6) is -0.0755. The number of nitriles is 1. The summed E-state index contributed by atoms with van der Waals surface area (Å²) in [6, 6.07) is 12.3. The van der Waals surface area contributed by atoms with Gasteiger partial charge in [0, 0.05) is 11.6 Å². The number of rotatable bonds is 4. The van der Waals surface area contributed by atoms with Gasteiger partial charge in [-0.3, -0.25) is 14.9 Å².